The Kier molecular flexibility index (Phi) is 6.08. The highest BCUT2D eigenvalue weighted by atomic mass is 32.2. The van der Waals surface area contributed by atoms with Crippen molar-refractivity contribution in [2.75, 3.05) is 18.2 Å². The number of nitrogens with one attached hydrogen (secondary N) is 1. The number of hydrogen-bond donors (Lipinski definition) is 1. The van der Waals surface area contributed by atoms with Gasteiger partial charge in [0.15, 0.2) is 8.29 Å². The van der Waals surface area contributed by atoms with Gasteiger partial charge in [0.05, 0.1) is 24.2 Å². The van der Waals surface area contributed by atoms with E-state index in [-0.39, 0.29) is 11.7 Å². The maximum Gasteiger partial charge on any atom is 0.234 e. The van der Waals surface area contributed by atoms with E-state index in [1.807, 2.05) is 55.5 Å². The van der Waals surface area contributed by atoms with Gasteiger partial charge in [-0.25, -0.2) is 4.68 Å². The summed E-state index contributed by atoms with van der Waals surface area (Å²) in [7, 11) is 1.58. The van der Waals surface area contributed by atoms with Crippen LogP contribution in [0.4, 0.5) is 5.69 Å². The van der Waals surface area contributed by atoms with Crippen LogP contribution < -0.4 is 10.1 Å². The molecule has 0 bridgehead atoms. The lowest BCUT2D eigenvalue weighted by molar-refractivity contribution is -0.113. The van der Waals surface area contributed by atoms with Crippen LogP contribution in [0.25, 0.3) is 5.69 Å². The lowest BCUT2D eigenvalue weighted by Crippen LogP contribution is -2.14. The number of carbonyl (C=O) groups excluding carboxylic acids is 1. The fraction of sp³-hybridized carbons (Fsp3) is 0.167. The first-order chi connectivity index (χ1) is 12.6. The fourth-order valence-corrected chi connectivity index (χ4v) is 4.45. The molecule has 1 N–H and O–H groups in total. The van der Waals surface area contributed by atoms with Gasteiger partial charge in [-0.05, 0) is 49.0 Å². The van der Waals surface area contributed by atoms with Crippen LogP contribution in [0.1, 0.15) is 5.56 Å². The molecule has 3 rings (SSSR count). The molecule has 0 saturated heterocycles. The molecular formula is C18H17N3O2S3. The van der Waals surface area contributed by atoms with Crippen LogP contribution in [0.2, 0.25) is 0 Å². The molecule has 5 nitrogen and oxygen atoms in total. The molecule has 0 aliphatic carbocycles. The Morgan fingerprint density at radius 2 is 2.08 bits per heavy atom. The summed E-state index contributed by atoms with van der Waals surface area (Å²) in [5.74, 6) is 0.762. The van der Waals surface area contributed by atoms with Crippen molar-refractivity contribution in [3.63, 3.8) is 0 Å². The second kappa shape index (κ2) is 8.48. The summed E-state index contributed by atoms with van der Waals surface area (Å²) in [6.07, 6.45) is 0. The van der Waals surface area contributed by atoms with E-state index >= 15 is 0 Å². The first-order valence-electron chi connectivity index (χ1n) is 7.79. The maximum absolute atomic E-state index is 12.3. The molecule has 0 fully saturated rings. The number of thioether (sulfide) groups is 1. The van der Waals surface area contributed by atoms with Gasteiger partial charge in [0, 0.05) is 0 Å². The van der Waals surface area contributed by atoms with Crippen molar-refractivity contribution in [1.29, 1.82) is 0 Å². The number of methoxy groups -OCH3 is 1. The summed E-state index contributed by atoms with van der Waals surface area (Å²) in [5, 5.41) is 7.38. The molecule has 8 heteroatoms. The second-order valence-corrected chi connectivity index (χ2v) is 8.27. The molecule has 0 atom stereocenters. The molecule has 0 aliphatic heterocycles. The Morgan fingerprint density at radius 3 is 2.81 bits per heavy atom. The van der Waals surface area contributed by atoms with E-state index in [0.717, 1.165) is 15.6 Å². The SMILES string of the molecule is COc1ccc(C)cc1NC(=O)CSc1nn(-c2ccccc2)c(=S)s1. The Labute approximate surface area is 165 Å². The van der Waals surface area contributed by atoms with Crippen LogP contribution >= 0.6 is 35.3 Å². The number of amides is 1. The maximum atomic E-state index is 12.3. The van der Waals surface area contributed by atoms with Crippen molar-refractivity contribution in [2.45, 2.75) is 11.3 Å². The Morgan fingerprint density at radius 1 is 1.31 bits per heavy atom. The lowest BCUT2D eigenvalue weighted by Gasteiger charge is -2.10. The summed E-state index contributed by atoms with van der Waals surface area (Å²) in [6, 6.07) is 15.4. The predicted molar refractivity (Wildman–Crippen MR) is 109 cm³/mol. The van der Waals surface area contributed by atoms with Crippen molar-refractivity contribution in [3.05, 3.63) is 58.0 Å². The van der Waals surface area contributed by atoms with Crippen LogP contribution in [0.3, 0.4) is 0 Å². The summed E-state index contributed by atoms with van der Waals surface area (Å²) in [6.45, 7) is 1.97. The second-order valence-electron chi connectivity index (χ2n) is 5.42. The largest absolute Gasteiger partial charge is 0.495 e. The van der Waals surface area contributed by atoms with Crippen LogP contribution in [0.15, 0.2) is 52.9 Å². The topological polar surface area (TPSA) is 56.1 Å². The van der Waals surface area contributed by atoms with E-state index in [2.05, 4.69) is 10.4 Å². The number of anilines is 1. The molecule has 134 valence electrons. The number of ether oxygens (including phenoxy) is 1. The van der Waals surface area contributed by atoms with Gasteiger partial charge in [-0.2, -0.15) is 0 Å². The number of nitrogens with zero attached hydrogens (tertiary/aromatic N) is 2. The number of carbonyl (C=O) groups is 1. The van der Waals surface area contributed by atoms with Gasteiger partial charge in [0.2, 0.25) is 5.91 Å². The molecule has 1 aromatic heterocycles. The standard InChI is InChI=1S/C18H17N3O2S3/c1-12-8-9-15(23-2)14(10-12)19-16(22)11-25-17-20-21(18(24)26-17)13-6-4-3-5-7-13/h3-10H,11H2,1-2H3,(H,19,22). The van der Waals surface area contributed by atoms with Gasteiger partial charge in [0.1, 0.15) is 5.75 Å². The first kappa shape index (κ1) is 18.6. The Balaban J connectivity index is 1.66. The summed E-state index contributed by atoms with van der Waals surface area (Å²) in [5.41, 5.74) is 2.63. The number of aromatic nitrogens is 2. The number of benzene rings is 2. The van der Waals surface area contributed by atoms with E-state index in [9.17, 15) is 4.79 Å². The minimum Gasteiger partial charge on any atom is -0.495 e. The molecule has 26 heavy (non-hydrogen) atoms. The van der Waals surface area contributed by atoms with Crippen molar-refractivity contribution in [2.24, 2.45) is 0 Å². The van der Waals surface area contributed by atoms with E-state index in [1.54, 1.807) is 11.8 Å². The zero-order valence-electron chi connectivity index (χ0n) is 14.3. The molecule has 1 amide bonds. The van der Waals surface area contributed by atoms with Crippen molar-refractivity contribution < 1.29 is 9.53 Å². The molecular weight excluding hydrogens is 386 g/mol. The molecule has 1 heterocycles. The highest BCUT2D eigenvalue weighted by Crippen LogP contribution is 2.27. The minimum atomic E-state index is -0.119. The third-order valence-corrected chi connectivity index (χ3v) is 5.85. The average molecular weight is 404 g/mol. The van der Waals surface area contributed by atoms with Crippen molar-refractivity contribution in [1.82, 2.24) is 9.78 Å². The van der Waals surface area contributed by atoms with E-state index < -0.39 is 0 Å². The van der Waals surface area contributed by atoms with E-state index in [4.69, 9.17) is 17.0 Å². The monoisotopic (exact) mass is 403 g/mol. The molecule has 0 spiro atoms. The van der Waals surface area contributed by atoms with Gasteiger partial charge in [-0.1, -0.05) is 47.4 Å². The zero-order chi connectivity index (χ0) is 18.5. The first-order valence-corrected chi connectivity index (χ1v) is 10.0. The highest BCUT2D eigenvalue weighted by Gasteiger charge is 2.11. The number of rotatable bonds is 6. The lowest BCUT2D eigenvalue weighted by atomic mass is 10.2. The third kappa shape index (κ3) is 4.51. The normalized spacial score (nSPS) is 10.5. The molecule has 0 saturated carbocycles. The van der Waals surface area contributed by atoms with Gasteiger partial charge in [0.25, 0.3) is 0 Å². The Hall–Kier alpha value is -2.16. The number of aryl methyl sites for hydroxylation is 1. The predicted octanol–water partition coefficient (Wildman–Crippen LogP) is 4.71. The van der Waals surface area contributed by atoms with Crippen LogP contribution in [-0.4, -0.2) is 28.6 Å². The molecule has 0 unspecified atom stereocenters. The van der Waals surface area contributed by atoms with Crippen LogP contribution in [0.5, 0.6) is 5.75 Å². The number of para-hydroxylation sites is 1. The number of hydrogen-bond acceptors (Lipinski definition) is 6. The molecule has 3 aromatic rings. The van der Waals surface area contributed by atoms with Gasteiger partial charge in [-0.3, -0.25) is 4.79 Å². The van der Waals surface area contributed by atoms with E-state index in [1.165, 1.54) is 23.1 Å². The fourth-order valence-electron chi connectivity index (χ4n) is 2.28. The quantitative estimate of drug-likeness (QED) is 0.477. The summed E-state index contributed by atoms with van der Waals surface area (Å²) in [4.78, 5) is 12.3. The minimum absolute atomic E-state index is 0.119. The molecule has 0 aliphatic rings. The van der Waals surface area contributed by atoms with Crippen molar-refractivity contribution in [3.8, 4) is 11.4 Å². The van der Waals surface area contributed by atoms with Gasteiger partial charge >= 0.3 is 0 Å². The molecule has 0 radical (unpaired) electrons. The third-order valence-electron chi connectivity index (χ3n) is 3.49. The van der Waals surface area contributed by atoms with E-state index in [0.29, 0.717) is 15.4 Å². The smallest absolute Gasteiger partial charge is 0.234 e. The zero-order valence-corrected chi connectivity index (χ0v) is 16.7. The van der Waals surface area contributed by atoms with Gasteiger partial charge < -0.3 is 10.1 Å². The highest BCUT2D eigenvalue weighted by molar-refractivity contribution is 8.01. The summed E-state index contributed by atoms with van der Waals surface area (Å²) < 4.78 is 8.40. The van der Waals surface area contributed by atoms with Crippen LogP contribution in [-0.2, 0) is 4.79 Å². The average Bonchev–Trinajstić information content (AvgIpc) is 3.02. The Bertz CT molecular complexity index is 967. The summed E-state index contributed by atoms with van der Waals surface area (Å²) >= 11 is 8.13. The van der Waals surface area contributed by atoms with Crippen molar-refractivity contribution >= 4 is 46.9 Å². The van der Waals surface area contributed by atoms with Gasteiger partial charge in [-0.15, -0.1) is 5.10 Å². The van der Waals surface area contributed by atoms with Crippen LogP contribution in [0, 0.1) is 10.9 Å². The molecule has 2 aromatic carbocycles.